The van der Waals surface area contributed by atoms with Crippen LogP contribution in [-0.2, 0) is 60.8 Å². The van der Waals surface area contributed by atoms with Crippen molar-refractivity contribution in [1.82, 2.24) is 21.3 Å². The summed E-state index contributed by atoms with van der Waals surface area (Å²) in [4.78, 5) is 80.9. The van der Waals surface area contributed by atoms with Gasteiger partial charge in [0, 0.05) is 13.1 Å². The van der Waals surface area contributed by atoms with Crippen LogP contribution in [0.3, 0.4) is 0 Å². The molecule has 53 heavy (non-hydrogen) atoms. The van der Waals surface area contributed by atoms with Crippen LogP contribution in [0.25, 0.3) is 0 Å². The number of hydrogen-bond acceptors (Lipinski definition) is 13. The van der Waals surface area contributed by atoms with Crippen molar-refractivity contribution < 1.29 is 67.1 Å². The minimum absolute atomic E-state index is 0.0111. The highest BCUT2D eigenvalue weighted by Gasteiger charge is 2.26. The molecule has 0 bridgehead atoms. The number of carbonyl (C=O) groups excluding carboxylic acids is 6. The molecule has 5 N–H and O–H groups in total. The summed E-state index contributed by atoms with van der Waals surface area (Å²) in [7, 11) is 2.32. The highest BCUT2D eigenvalue weighted by atomic mass is 16.6. The molecule has 0 fully saturated rings. The predicted octanol–water partition coefficient (Wildman–Crippen LogP) is 2.43. The van der Waals surface area contributed by atoms with Gasteiger partial charge in [-0.1, -0.05) is 60.7 Å². The molecule has 0 unspecified atom stereocenters. The number of carboxylic acids is 1. The summed E-state index contributed by atoms with van der Waals surface area (Å²) in [6.07, 6.45) is -3.12. The van der Waals surface area contributed by atoms with E-state index in [1.807, 2.05) is 12.1 Å². The molecule has 0 saturated carbocycles. The van der Waals surface area contributed by atoms with E-state index in [1.54, 1.807) is 69.3 Å². The van der Waals surface area contributed by atoms with Gasteiger partial charge in [0.15, 0.2) is 0 Å². The van der Waals surface area contributed by atoms with E-state index in [0.29, 0.717) is 0 Å². The standard InChI is InChI=1S/C22H33N3O8.C13H15NO6/c1-22(2,3)33-20(28)24-11-13-31-12-10-23-19(27)17(14-18(26)30-4)25-21(29)32-15-16-8-6-5-7-9-16;1-19-11(15)7-10(12(16)17)14-13(18)20-8-9-5-3-2-4-6-9/h5-9,17H,10-15H2,1-4H3,(H,23,27)(H,24,28)(H,25,29);2-6,10H,7-8H2,1H3,(H,14,18)(H,16,17)/t17-;10-/m00/s1. The molecule has 292 valence electrons. The number of hydrogen-bond donors (Lipinski definition) is 5. The molecule has 18 nitrogen and oxygen atoms in total. The van der Waals surface area contributed by atoms with Crippen molar-refractivity contribution in [3.63, 3.8) is 0 Å². The molecule has 0 aliphatic carbocycles. The number of alkyl carbamates (subject to hydrolysis) is 3. The predicted molar refractivity (Wildman–Crippen MR) is 186 cm³/mol. The van der Waals surface area contributed by atoms with Crippen molar-refractivity contribution in [2.45, 2.75) is 64.5 Å². The van der Waals surface area contributed by atoms with Crippen LogP contribution < -0.4 is 21.3 Å². The van der Waals surface area contributed by atoms with E-state index in [9.17, 15) is 33.6 Å². The SMILES string of the molecule is COC(=O)C[C@H](NC(=O)OCc1ccccc1)C(=O)NCCOCCNC(=O)OC(C)(C)C.COC(=O)C[C@H](NC(=O)OCc1ccccc1)C(=O)O. The number of rotatable bonds is 18. The Balaban J connectivity index is 0.000000598. The number of esters is 2. The third-order valence-corrected chi connectivity index (χ3v) is 6.28. The monoisotopic (exact) mass is 748 g/mol. The summed E-state index contributed by atoms with van der Waals surface area (Å²) < 4.78 is 29.3. The summed E-state index contributed by atoms with van der Waals surface area (Å²) in [5.74, 6) is -3.33. The van der Waals surface area contributed by atoms with Gasteiger partial charge in [0.25, 0.3) is 0 Å². The van der Waals surface area contributed by atoms with E-state index < -0.39 is 66.2 Å². The average molecular weight is 749 g/mol. The van der Waals surface area contributed by atoms with E-state index in [0.717, 1.165) is 18.2 Å². The number of methoxy groups -OCH3 is 2. The lowest BCUT2D eigenvalue weighted by Crippen LogP contribution is -2.48. The molecule has 0 saturated heterocycles. The first kappa shape index (κ1) is 45.1. The fraction of sp³-hybridized carbons (Fsp3) is 0.457. The first-order chi connectivity index (χ1) is 25.1. The van der Waals surface area contributed by atoms with Crippen molar-refractivity contribution in [3.05, 3.63) is 71.8 Å². The molecule has 0 aliphatic rings. The second-order valence-corrected chi connectivity index (χ2v) is 11.7. The zero-order chi connectivity index (χ0) is 39.6. The molecule has 0 aliphatic heterocycles. The van der Waals surface area contributed by atoms with Gasteiger partial charge in [-0.2, -0.15) is 0 Å². The molecule has 2 aromatic carbocycles. The maximum atomic E-state index is 12.4. The van der Waals surface area contributed by atoms with E-state index in [1.165, 1.54) is 7.11 Å². The van der Waals surface area contributed by atoms with Crippen LogP contribution >= 0.6 is 0 Å². The number of nitrogens with one attached hydrogen (secondary N) is 4. The van der Waals surface area contributed by atoms with Crippen molar-refractivity contribution in [3.8, 4) is 0 Å². The Hall–Kier alpha value is -5.91. The first-order valence-electron chi connectivity index (χ1n) is 16.3. The lowest BCUT2D eigenvalue weighted by Gasteiger charge is -2.19. The van der Waals surface area contributed by atoms with Gasteiger partial charge in [0.1, 0.15) is 30.9 Å². The summed E-state index contributed by atoms with van der Waals surface area (Å²) in [6, 6.07) is 15.4. The lowest BCUT2D eigenvalue weighted by atomic mass is 10.2. The Morgan fingerprint density at radius 2 is 1.08 bits per heavy atom. The number of carboxylic acid groups (broad SMARTS) is 1. The fourth-order valence-corrected chi connectivity index (χ4v) is 3.73. The maximum Gasteiger partial charge on any atom is 0.408 e. The van der Waals surface area contributed by atoms with Gasteiger partial charge >= 0.3 is 36.2 Å². The smallest absolute Gasteiger partial charge is 0.408 e. The van der Waals surface area contributed by atoms with Crippen LogP contribution in [0.4, 0.5) is 14.4 Å². The molecule has 18 heteroatoms. The van der Waals surface area contributed by atoms with Crippen molar-refractivity contribution in [2.24, 2.45) is 0 Å². The van der Waals surface area contributed by atoms with Gasteiger partial charge in [-0.25, -0.2) is 19.2 Å². The molecule has 0 heterocycles. The summed E-state index contributed by atoms with van der Waals surface area (Å²) in [6.45, 7) is 6.05. The topological polar surface area (TPSA) is 243 Å². The molecule has 0 spiro atoms. The highest BCUT2D eigenvalue weighted by Crippen LogP contribution is 2.06. The minimum atomic E-state index is -1.38. The molecule has 0 radical (unpaired) electrons. The zero-order valence-corrected chi connectivity index (χ0v) is 30.3. The molecular weight excluding hydrogens is 700 g/mol. The Morgan fingerprint density at radius 3 is 1.51 bits per heavy atom. The third kappa shape index (κ3) is 22.5. The molecular formula is C35H48N4O14. The number of ether oxygens (including phenoxy) is 6. The van der Waals surface area contributed by atoms with Crippen LogP contribution in [0.2, 0.25) is 0 Å². The van der Waals surface area contributed by atoms with Gasteiger partial charge in [0.2, 0.25) is 5.91 Å². The van der Waals surface area contributed by atoms with Crippen LogP contribution in [0.15, 0.2) is 60.7 Å². The Bertz CT molecular complexity index is 1450. The third-order valence-electron chi connectivity index (χ3n) is 6.28. The van der Waals surface area contributed by atoms with E-state index in [2.05, 4.69) is 30.7 Å². The Labute approximate surface area is 307 Å². The van der Waals surface area contributed by atoms with Gasteiger partial charge in [-0.15, -0.1) is 0 Å². The van der Waals surface area contributed by atoms with Crippen molar-refractivity contribution in [1.29, 1.82) is 0 Å². The van der Waals surface area contributed by atoms with E-state index in [4.69, 9.17) is 24.1 Å². The van der Waals surface area contributed by atoms with Gasteiger partial charge in [0.05, 0.1) is 40.3 Å². The van der Waals surface area contributed by atoms with E-state index >= 15 is 0 Å². The fourth-order valence-electron chi connectivity index (χ4n) is 3.73. The average Bonchev–Trinajstić information content (AvgIpc) is 3.12. The molecule has 2 rings (SSSR count). The summed E-state index contributed by atoms with van der Waals surface area (Å²) >= 11 is 0. The van der Waals surface area contributed by atoms with Gasteiger partial charge < -0.3 is 54.8 Å². The second kappa shape index (κ2) is 25.1. The summed E-state index contributed by atoms with van der Waals surface area (Å²) in [5.41, 5.74) is 0.959. The largest absolute Gasteiger partial charge is 0.480 e. The number of aliphatic carboxylic acids is 1. The van der Waals surface area contributed by atoms with Gasteiger partial charge in [-0.05, 0) is 31.9 Å². The lowest BCUT2D eigenvalue weighted by molar-refractivity contribution is -0.147. The number of benzene rings is 2. The maximum absolute atomic E-state index is 12.4. The number of carbonyl (C=O) groups is 7. The quantitative estimate of drug-likeness (QED) is 0.0836. The minimum Gasteiger partial charge on any atom is -0.480 e. The van der Waals surface area contributed by atoms with Crippen LogP contribution in [0.5, 0.6) is 0 Å². The van der Waals surface area contributed by atoms with Crippen molar-refractivity contribution in [2.75, 3.05) is 40.5 Å². The molecule has 0 aromatic heterocycles. The van der Waals surface area contributed by atoms with Gasteiger partial charge in [-0.3, -0.25) is 14.4 Å². The normalized spacial score (nSPS) is 11.5. The van der Waals surface area contributed by atoms with Crippen LogP contribution in [-0.4, -0.2) is 105 Å². The Kier molecular flexibility index (Phi) is 21.4. The van der Waals surface area contributed by atoms with Crippen molar-refractivity contribution >= 4 is 42.1 Å². The first-order valence-corrected chi connectivity index (χ1v) is 16.3. The van der Waals surface area contributed by atoms with E-state index in [-0.39, 0.29) is 45.9 Å². The Morgan fingerprint density at radius 1 is 0.642 bits per heavy atom. The second-order valence-electron chi connectivity index (χ2n) is 11.7. The summed E-state index contributed by atoms with van der Waals surface area (Å²) in [5, 5.41) is 18.4. The number of amides is 4. The zero-order valence-electron chi connectivity index (χ0n) is 30.3. The molecule has 2 atom stereocenters. The van der Waals surface area contributed by atoms with Crippen LogP contribution in [0.1, 0.15) is 44.7 Å². The molecule has 2 aromatic rings. The highest BCUT2D eigenvalue weighted by molar-refractivity contribution is 5.89. The molecule has 4 amide bonds. The van der Waals surface area contributed by atoms with Crippen LogP contribution in [0, 0.1) is 0 Å².